The molecule has 2 N–H and O–H groups in total. The van der Waals surface area contributed by atoms with E-state index < -0.39 is 10.0 Å². The fourth-order valence-electron chi connectivity index (χ4n) is 2.15. The summed E-state index contributed by atoms with van der Waals surface area (Å²) in [5.41, 5.74) is 1.53. The second-order valence-electron chi connectivity index (χ2n) is 4.70. The van der Waals surface area contributed by atoms with E-state index in [1.165, 1.54) is 7.05 Å². The van der Waals surface area contributed by atoms with Crippen molar-refractivity contribution < 1.29 is 13.2 Å². The van der Waals surface area contributed by atoms with Gasteiger partial charge < -0.3 is 10.1 Å². The van der Waals surface area contributed by atoms with Crippen molar-refractivity contribution in [3.05, 3.63) is 23.8 Å². The minimum atomic E-state index is -3.41. The van der Waals surface area contributed by atoms with Gasteiger partial charge in [0, 0.05) is 18.8 Å². The summed E-state index contributed by atoms with van der Waals surface area (Å²) >= 11 is 0. The molecule has 0 spiro atoms. The van der Waals surface area contributed by atoms with Gasteiger partial charge in [-0.15, -0.1) is 0 Å². The van der Waals surface area contributed by atoms with Crippen LogP contribution in [-0.4, -0.2) is 34.7 Å². The average Bonchev–Trinajstić information content (AvgIpc) is 2.91. The van der Waals surface area contributed by atoms with Crippen molar-refractivity contribution in [1.29, 1.82) is 0 Å². The maximum absolute atomic E-state index is 11.9. The number of rotatable bonds is 5. The van der Waals surface area contributed by atoms with E-state index in [-0.39, 0.29) is 6.10 Å². The number of nitrogens with one attached hydrogen (secondary N) is 2. The standard InChI is InChI=1S/C13H20N2O3S/c1-10-5-6-11(8-13(10)19(16,17)14-2)15-9-12-4-3-7-18-12/h5-6,8,12,14-15H,3-4,7,9H2,1-2H3. The third-order valence-corrected chi connectivity index (χ3v) is 4.86. The van der Waals surface area contributed by atoms with Crippen molar-refractivity contribution >= 4 is 15.7 Å². The van der Waals surface area contributed by atoms with Gasteiger partial charge in [0.15, 0.2) is 0 Å². The molecule has 0 bridgehead atoms. The molecule has 1 aliphatic heterocycles. The number of hydrogen-bond acceptors (Lipinski definition) is 4. The molecule has 1 atom stereocenters. The van der Waals surface area contributed by atoms with Gasteiger partial charge in [-0.2, -0.15) is 0 Å². The van der Waals surface area contributed by atoms with Crippen LogP contribution >= 0.6 is 0 Å². The molecule has 1 saturated heterocycles. The van der Waals surface area contributed by atoms with E-state index in [2.05, 4.69) is 10.0 Å². The van der Waals surface area contributed by atoms with Crippen LogP contribution in [0, 0.1) is 6.92 Å². The molecule has 1 heterocycles. The number of ether oxygens (including phenoxy) is 1. The van der Waals surface area contributed by atoms with Gasteiger partial charge in [0.2, 0.25) is 10.0 Å². The van der Waals surface area contributed by atoms with Gasteiger partial charge in [-0.25, -0.2) is 13.1 Å². The number of benzene rings is 1. The SMILES string of the molecule is CNS(=O)(=O)c1cc(NCC2CCCO2)ccc1C. The Hall–Kier alpha value is -1.11. The Morgan fingerprint density at radius 1 is 1.42 bits per heavy atom. The van der Waals surface area contributed by atoms with Gasteiger partial charge in [0.25, 0.3) is 0 Å². The van der Waals surface area contributed by atoms with Crippen LogP contribution in [0.15, 0.2) is 23.1 Å². The van der Waals surface area contributed by atoms with Crippen molar-refractivity contribution in [3.8, 4) is 0 Å². The minimum Gasteiger partial charge on any atom is -0.382 e. The van der Waals surface area contributed by atoms with E-state index in [1.54, 1.807) is 13.0 Å². The number of anilines is 1. The first-order chi connectivity index (χ1) is 9.03. The van der Waals surface area contributed by atoms with E-state index in [9.17, 15) is 8.42 Å². The molecule has 1 aromatic carbocycles. The largest absolute Gasteiger partial charge is 0.382 e. The summed E-state index contributed by atoms with van der Waals surface area (Å²) in [4.78, 5) is 0.312. The molecule has 0 aliphatic carbocycles. The monoisotopic (exact) mass is 284 g/mol. The molecular weight excluding hydrogens is 264 g/mol. The second-order valence-corrected chi connectivity index (χ2v) is 6.56. The first-order valence-corrected chi connectivity index (χ1v) is 7.91. The summed E-state index contributed by atoms with van der Waals surface area (Å²) in [5.74, 6) is 0. The lowest BCUT2D eigenvalue weighted by molar-refractivity contribution is 0.120. The Balaban J connectivity index is 2.12. The average molecular weight is 284 g/mol. The summed E-state index contributed by atoms with van der Waals surface area (Å²) in [7, 11) is -1.99. The molecule has 6 heteroatoms. The van der Waals surface area contributed by atoms with Gasteiger partial charge in [-0.3, -0.25) is 0 Å². The highest BCUT2D eigenvalue weighted by molar-refractivity contribution is 7.89. The molecule has 0 amide bonds. The Labute approximate surface area is 114 Å². The van der Waals surface area contributed by atoms with Gasteiger partial charge in [0.1, 0.15) is 0 Å². The van der Waals surface area contributed by atoms with Crippen LogP contribution in [0.4, 0.5) is 5.69 Å². The molecule has 1 aliphatic rings. The maximum atomic E-state index is 11.9. The molecule has 1 aromatic rings. The normalized spacial score (nSPS) is 19.6. The summed E-state index contributed by atoms with van der Waals surface area (Å²) in [5, 5.41) is 3.23. The van der Waals surface area contributed by atoms with E-state index in [1.807, 2.05) is 12.1 Å². The van der Waals surface area contributed by atoms with Crippen LogP contribution in [0.1, 0.15) is 18.4 Å². The van der Waals surface area contributed by atoms with Crippen molar-refractivity contribution in [2.24, 2.45) is 0 Å². The van der Waals surface area contributed by atoms with Crippen molar-refractivity contribution in [1.82, 2.24) is 4.72 Å². The quantitative estimate of drug-likeness (QED) is 0.860. The van der Waals surface area contributed by atoms with E-state index in [0.29, 0.717) is 11.4 Å². The zero-order valence-corrected chi connectivity index (χ0v) is 12.1. The molecule has 2 rings (SSSR count). The van der Waals surface area contributed by atoms with Gasteiger partial charge >= 0.3 is 0 Å². The van der Waals surface area contributed by atoms with Gasteiger partial charge in [-0.05, 0) is 44.5 Å². The molecule has 1 fully saturated rings. The van der Waals surface area contributed by atoms with Gasteiger partial charge in [-0.1, -0.05) is 6.07 Å². The van der Waals surface area contributed by atoms with Crippen LogP contribution in [0.25, 0.3) is 0 Å². The number of hydrogen-bond donors (Lipinski definition) is 2. The fourth-order valence-corrected chi connectivity index (χ4v) is 3.14. The lowest BCUT2D eigenvalue weighted by atomic mass is 10.2. The molecule has 5 nitrogen and oxygen atoms in total. The highest BCUT2D eigenvalue weighted by Crippen LogP contribution is 2.20. The van der Waals surface area contributed by atoms with Crippen LogP contribution in [-0.2, 0) is 14.8 Å². The summed E-state index contributed by atoms with van der Waals surface area (Å²) in [6, 6.07) is 5.36. The second kappa shape index (κ2) is 5.90. The smallest absolute Gasteiger partial charge is 0.240 e. The number of sulfonamides is 1. The van der Waals surface area contributed by atoms with Crippen molar-refractivity contribution in [2.45, 2.75) is 30.8 Å². The molecule has 0 radical (unpaired) electrons. The highest BCUT2D eigenvalue weighted by atomic mass is 32.2. The van der Waals surface area contributed by atoms with Crippen LogP contribution < -0.4 is 10.0 Å². The fraction of sp³-hybridized carbons (Fsp3) is 0.538. The summed E-state index contributed by atoms with van der Waals surface area (Å²) < 4.78 is 31.6. The van der Waals surface area contributed by atoms with E-state index in [4.69, 9.17) is 4.74 Å². The van der Waals surface area contributed by atoms with Gasteiger partial charge in [0.05, 0.1) is 11.0 Å². The van der Waals surface area contributed by atoms with E-state index in [0.717, 1.165) is 30.7 Å². The Morgan fingerprint density at radius 2 is 2.21 bits per heavy atom. The zero-order valence-electron chi connectivity index (χ0n) is 11.3. The van der Waals surface area contributed by atoms with Crippen molar-refractivity contribution in [2.75, 3.05) is 25.5 Å². The molecule has 19 heavy (non-hydrogen) atoms. The van der Waals surface area contributed by atoms with E-state index >= 15 is 0 Å². The predicted octanol–water partition coefficient (Wildman–Crippen LogP) is 1.49. The lowest BCUT2D eigenvalue weighted by Gasteiger charge is -2.14. The summed E-state index contributed by atoms with van der Waals surface area (Å²) in [6.45, 7) is 3.32. The van der Waals surface area contributed by atoms with Crippen molar-refractivity contribution in [3.63, 3.8) is 0 Å². The molecule has 0 aromatic heterocycles. The highest BCUT2D eigenvalue weighted by Gasteiger charge is 2.17. The first kappa shape index (κ1) is 14.3. The number of aryl methyl sites for hydroxylation is 1. The summed E-state index contributed by atoms with van der Waals surface area (Å²) in [6.07, 6.45) is 2.38. The molecule has 106 valence electrons. The third-order valence-electron chi connectivity index (χ3n) is 3.30. The molecular formula is C13H20N2O3S. The van der Waals surface area contributed by atoms with Crippen LogP contribution in [0.3, 0.4) is 0 Å². The zero-order chi connectivity index (χ0) is 13.9. The topological polar surface area (TPSA) is 67.4 Å². The predicted molar refractivity (Wildman–Crippen MR) is 74.9 cm³/mol. The third kappa shape index (κ3) is 3.46. The lowest BCUT2D eigenvalue weighted by Crippen LogP contribution is -2.21. The van der Waals surface area contributed by atoms with Crippen LogP contribution in [0.2, 0.25) is 0 Å². The Bertz CT molecular complexity index is 537. The minimum absolute atomic E-state index is 0.227. The Morgan fingerprint density at radius 3 is 2.84 bits per heavy atom. The van der Waals surface area contributed by atoms with Crippen LogP contribution in [0.5, 0.6) is 0 Å². The molecule has 1 unspecified atom stereocenters. The maximum Gasteiger partial charge on any atom is 0.240 e. The molecule has 0 saturated carbocycles. The Kier molecular flexibility index (Phi) is 4.44. The first-order valence-electron chi connectivity index (χ1n) is 6.42.